The molecule has 10 aromatic rings. The molecule has 0 fully saturated rings. The van der Waals surface area contributed by atoms with Gasteiger partial charge in [0.25, 0.3) is 0 Å². The third kappa shape index (κ3) is 4.46. The van der Waals surface area contributed by atoms with Crippen molar-refractivity contribution in [1.82, 2.24) is 15.0 Å². The van der Waals surface area contributed by atoms with E-state index < -0.39 is 0 Å². The molecule has 7 aromatic carbocycles. The molecule has 3 aromatic heterocycles. The summed E-state index contributed by atoms with van der Waals surface area (Å²) >= 11 is 0. The van der Waals surface area contributed by atoms with E-state index in [1.807, 2.05) is 30.3 Å². The van der Waals surface area contributed by atoms with Gasteiger partial charge in [0.1, 0.15) is 28.2 Å². The van der Waals surface area contributed by atoms with Crippen molar-refractivity contribution in [3.05, 3.63) is 164 Å². The van der Waals surface area contributed by atoms with Crippen molar-refractivity contribution >= 4 is 65.4 Å². The first-order valence-electron chi connectivity index (χ1n) is 17.6. The smallest absolute Gasteiger partial charge is 0.164 e. The fraction of sp³-hybridized carbons (Fsp3) is 0.0426. The first kappa shape index (κ1) is 28.9. The average Bonchev–Trinajstić information content (AvgIpc) is 3.79. The van der Waals surface area contributed by atoms with Crippen LogP contribution in [0.25, 0.3) is 99.3 Å². The minimum atomic E-state index is 0.0320. The van der Waals surface area contributed by atoms with Crippen LogP contribution in [0.1, 0.15) is 18.2 Å². The van der Waals surface area contributed by atoms with E-state index in [1.165, 1.54) is 10.8 Å². The zero-order valence-corrected chi connectivity index (χ0v) is 28.0. The van der Waals surface area contributed by atoms with Gasteiger partial charge < -0.3 is 8.83 Å². The Bertz CT molecular complexity index is 3130. The maximum atomic E-state index is 6.73. The predicted molar refractivity (Wildman–Crippen MR) is 211 cm³/mol. The molecule has 244 valence electrons. The summed E-state index contributed by atoms with van der Waals surface area (Å²) in [4.78, 5) is 15.8. The fourth-order valence-electron chi connectivity index (χ4n) is 7.95. The van der Waals surface area contributed by atoms with Crippen LogP contribution < -0.4 is 0 Å². The molecule has 11 rings (SSSR count). The van der Waals surface area contributed by atoms with Crippen LogP contribution in [-0.2, 0) is 0 Å². The largest absolute Gasteiger partial charge is 0.456 e. The Morgan fingerprint density at radius 3 is 1.98 bits per heavy atom. The number of hydrogen-bond donors (Lipinski definition) is 0. The van der Waals surface area contributed by atoms with Gasteiger partial charge in [-0.15, -0.1) is 0 Å². The molecule has 5 heteroatoms. The molecule has 0 amide bonds. The number of nitrogens with zero attached hydrogens (tertiary/aromatic N) is 3. The number of rotatable bonds is 4. The van der Waals surface area contributed by atoms with Crippen molar-refractivity contribution in [3.63, 3.8) is 0 Å². The maximum absolute atomic E-state index is 6.73. The normalized spacial score (nSPS) is 14.5. The second-order valence-corrected chi connectivity index (χ2v) is 13.5. The molecule has 0 bridgehead atoms. The van der Waals surface area contributed by atoms with Crippen molar-refractivity contribution in [1.29, 1.82) is 0 Å². The Kier molecular flexibility index (Phi) is 6.31. The lowest BCUT2D eigenvalue weighted by atomic mass is 9.95. The number of furan rings is 2. The molecule has 0 spiro atoms. The fourth-order valence-corrected chi connectivity index (χ4v) is 7.95. The first-order valence-corrected chi connectivity index (χ1v) is 17.6. The molecule has 1 atom stereocenters. The Balaban J connectivity index is 1.18. The third-order valence-electron chi connectivity index (χ3n) is 10.4. The quantitative estimate of drug-likeness (QED) is 0.175. The number of aromatic nitrogens is 3. The highest BCUT2D eigenvalue weighted by Crippen LogP contribution is 2.43. The minimum Gasteiger partial charge on any atom is -0.456 e. The van der Waals surface area contributed by atoms with Crippen LogP contribution >= 0.6 is 0 Å². The molecule has 0 saturated heterocycles. The van der Waals surface area contributed by atoms with E-state index in [0.29, 0.717) is 11.6 Å². The molecule has 0 saturated carbocycles. The lowest BCUT2D eigenvalue weighted by molar-refractivity contribution is 0.668. The summed E-state index contributed by atoms with van der Waals surface area (Å²) in [5.74, 6) is 2.07. The van der Waals surface area contributed by atoms with Crippen LogP contribution in [0.4, 0.5) is 0 Å². The van der Waals surface area contributed by atoms with Crippen LogP contribution in [0.15, 0.2) is 167 Å². The molecular formula is C47H29N3O2. The molecule has 0 N–H and O–H groups in total. The van der Waals surface area contributed by atoms with E-state index in [2.05, 4.69) is 127 Å². The third-order valence-corrected chi connectivity index (χ3v) is 10.4. The van der Waals surface area contributed by atoms with Gasteiger partial charge in [0.2, 0.25) is 0 Å². The Labute approximate surface area is 298 Å². The topological polar surface area (TPSA) is 65.0 Å². The Morgan fingerprint density at radius 1 is 0.481 bits per heavy atom. The molecule has 52 heavy (non-hydrogen) atoms. The monoisotopic (exact) mass is 667 g/mol. The molecule has 1 aliphatic carbocycles. The Hall–Kier alpha value is -6.85. The highest BCUT2D eigenvalue weighted by molar-refractivity contribution is 6.17. The number of benzene rings is 7. The van der Waals surface area contributed by atoms with E-state index >= 15 is 0 Å². The number of allylic oxidation sites excluding steroid dienone is 4. The maximum Gasteiger partial charge on any atom is 0.164 e. The van der Waals surface area contributed by atoms with E-state index in [0.717, 1.165) is 89.1 Å². The van der Waals surface area contributed by atoms with E-state index in [9.17, 15) is 0 Å². The van der Waals surface area contributed by atoms with Gasteiger partial charge in [0.15, 0.2) is 11.6 Å². The molecular weight excluding hydrogens is 639 g/mol. The van der Waals surface area contributed by atoms with E-state index in [1.54, 1.807) is 0 Å². The number of hydrogen-bond acceptors (Lipinski definition) is 5. The average molecular weight is 668 g/mol. The van der Waals surface area contributed by atoms with Gasteiger partial charge in [-0.3, -0.25) is 0 Å². The van der Waals surface area contributed by atoms with Crippen molar-refractivity contribution in [3.8, 4) is 33.9 Å². The van der Waals surface area contributed by atoms with Gasteiger partial charge in [-0.1, -0.05) is 115 Å². The van der Waals surface area contributed by atoms with Gasteiger partial charge in [-0.25, -0.2) is 15.0 Å². The van der Waals surface area contributed by atoms with Gasteiger partial charge >= 0.3 is 0 Å². The lowest BCUT2D eigenvalue weighted by Crippen LogP contribution is -2.08. The first-order chi connectivity index (χ1) is 25.8. The molecule has 1 aliphatic rings. The summed E-state index contributed by atoms with van der Waals surface area (Å²) in [6.07, 6.45) is 9.35. The highest BCUT2D eigenvalue weighted by Gasteiger charge is 2.23. The van der Waals surface area contributed by atoms with E-state index in [4.69, 9.17) is 23.8 Å². The van der Waals surface area contributed by atoms with Gasteiger partial charge in [-0.05, 0) is 76.0 Å². The predicted octanol–water partition coefficient (Wildman–Crippen LogP) is 12.6. The summed E-state index contributed by atoms with van der Waals surface area (Å²) in [7, 11) is 0. The summed E-state index contributed by atoms with van der Waals surface area (Å²) in [5.41, 5.74) is 7.29. The minimum absolute atomic E-state index is 0.0320. The Morgan fingerprint density at radius 2 is 1.15 bits per heavy atom. The van der Waals surface area contributed by atoms with E-state index in [-0.39, 0.29) is 5.92 Å². The highest BCUT2D eigenvalue weighted by atomic mass is 16.3. The molecule has 3 heterocycles. The second kappa shape index (κ2) is 11.3. The van der Waals surface area contributed by atoms with Crippen LogP contribution in [0.2, 0.25) is 0 Å². The standard InChI is InChI=1S/C47H29N3O2/c1-2-12-28(13-3-1)45-48-46(50-47(49-45)39-27-29-14-4-5-15-31(29)33-16-6-7-17-34(33)39)37-24-23-32(44-43(37)36-19-9-11-21-41(36)52-44)30-22-25-42-38(26-30)35-18-8-10-20-40(35)51-42/h1-12,14-28H,13H2. The summed E-state index contributed by atoms with van der Waals surface area (Å²) in [5, 5.41) is 8.81. The van der Waals surface area contributed by atoms with Crippen molar-refractivity contribution in [2.45, 2.75) is 12.3 Å². The van der Waals surface area contributed by atoms with Crippen molar-refractivity contribution in [2.24, 2.45) is 0 Å². The van der Waals surface area contributed by atoms with Crippen LogP contribution in [-0.4, -0.2) is 15.0 Å². The SMILES string of the molecule is C1=CCC(c2nc(-c3cc4ccccc4c4ccccc34)nc(-c3ccc(-c4ccc5oc6ccccc6c5c4)c4oc5ccccc5c34)n2)C=C1. The summed E-state index contributed by atoms with van der Waals surface area (Å²) in [6, 6.07) is 46.3. The van der Waals surface area contributed by atoms with Gasteiger partial charge in [-0.2, -0.15) is 0 Å². The van der Waals surface area contributed by atoms with Gasteiger partial charge in [0.05, 0.1) is 0 Å². The van der Waals surface area contributed by atoms with Crippen LogP contribution in [0.5, 0.6) is 0 Å². The van der Waals surface area contributed by atoms with Crippen LogP contribution in [0.3, 0.4) is 0 Å². The van der Waals surface area contributed by atoms with Crippen molar-refractivity contribution in [2.75, 3.05) is 0 Å². The van der Waals surface area contributed by atoms with Crippen LogP contribution in [0, 0.1) is 0 Å². The van der Waals surface area contributed by atoms with Crippen molar-refractivity contribution < 1.29 is 8.83 Å². The summed E-state index contributed by atoms with van der Waals surface area (Å²) in [6.45, 7) is 0. The molecule has 0 radical (unpaired) electrons. The molecule has 5 nitrogen and oxygen atoms in total. The number of fused-ring (bicyclic) bond motifs is 9. The zero-order valence-electron chi connectivity index (χ0n) is 28.0. The lowest BCUT2D eigenvalue weighted by Gasteiger charge is -2.16. The molecule has 0 aliphatic heterocycles. The summed E-state index contributed by atoms with van der Waals surface area (Å²) < 4.78 is 12.9. The zero-order chi connectivity index (χ0) is 34.2. The number of para-hydroxylation sites is 2. The second-order valence-electron chi connectivity index (χ2n) is 13.5. The molecule has 1 unspecified atom stereocenters. The van der Waals surface area contributed by atoms with Gasteiger partial charge in [0, 0.05) is 44.2 Å².